The van der Waals surface area contributed by atoms with Crippen molar-refractivity contribution in [1.82, 2.24) is 4.90 Å². The van der Waals surface area contributed by atoms with Gasteiger partial charge in [-0.05, 0) is 32.1 Å². The molecule has 2 aliphatic heterocycles. The standard InChI is InChI=1S/C8H15NS/c1-6-3-7-4-10-5-8(7)9(6)2/h6-8H,3-5H2,1-2H3. The highest BCUT2D eigenvalue weighted by Gasteiger charge is 2.39. The number of nitrogens with zero attached hydrogens (tertiary/aromatic N) is 1. The van der Waals surface area contributed by atoms with Gasteiger partial charge in [0, 0.05) is 17.8 Å². The molecular formula is C8H15NS. The topological polar surface area (TPSA) is 3.24 Å². The van der Waals surface area contributed by atoms with Gasteiger partial charge in [-0.25, -0.2) is 0 Å². The van der Waals surface area contributed by atoms with Gasteiger partial charge in [0.15, 0.2) is 0 Å². The van der Waals surface area contributed by atoms with Gasteiger partial charge in [0.25, 0.3) is 0 Å². The van der Waals surface area contributed by atoms with Crippen molar-refractivity contribution in [2.45, 2.75) is 25.4 Å². The zero-order chi connectivity index (χ0) is 7.14. The molecule has 0 bridgehead atoms. The Balaban J connectivity index is 2.09. The summed E-state index contributed by atoms with van der Waals surface area (Å²) in [4.78, 5) is 2.56. The van der Waals surface area contributed by atoms with Crippen LogP contribution in [-0.4, -0.2) is 35.5 Å². The normalized spacial score (nSPS) is 48.0. The van der Waals surface area contributed by atoms with Gasteiger partial charge in [0.05, 0.1) is 0 Å². The Morgan fingerprint density at radius 1 is 1.40 bits per heavy atom. The zero-order valence-corrected chi connectivity index (χ0v) is 7.53. The van der Waals surface area contributed by atoms with Crippen LogP contribution in [0.25, 0.3) is 0 Å². The molecule has 0 amide bonds. The van der Waals surface area contributed by atoms with E-state index in [2.05, 4.69) is 30.6 Å². The first kappa shape index (κ1) is 6.99. The predicted octanol–water partition coefficient (Wildman–Crippen LogP) is 1.44. The minimum atomic E-state index is 0.843. The smallest absolute Gasteiger partial charge is 0.0222 e. The van der Waals surface area contributed by atoms with Gasteiger partial charge in [-0.3, -0.25) is 4.90 Å². The minimum Gasteiger partial charge on any atom is -0.300 e. The van der Waals surface area contributed by atoms with Crippen molar-refractivity contribution in [2.75, 3.05) is 18.6 Å². The van der Waals surface area contributed by atoms with Crippen LogP contribution < -0.4 is 0 Å². The lowest BCUT2D eigenvalue weighted by molar-refractivity contribution is 0.262. The summed E-state index contributed by atoms with van der Waals surface area (Å²) in [5.41, 5.74) is 0. The molecule has 0 N–H and O–H groups in total. The number of fused-ring (bicyclic) bond motifs is 1. The molecule has 58 valence electrons. The maximum atomic E-state index is 2.56. The highest BCUT2D eigenvalue weighted by molar-refractivity contribution is 7.99. The highest BCUT2D eigenvalue weighted by Crippen LogP contribution is 2.37. The molecule has 0 aromatic carbocycles. The van der Waals surface area contributed by atoms with Gasteiger partial charge in [0.2, 0.25) is 0 Å². The van der Waals surface area contributed by atoms with Crippen LogP contribution in [0.15, 0.2) is 0 Å². The molecule has 10 heavy (non-hydrogen) atoms. The van der Waals surface area contributed by atoms with E-state index < -0.39 is 0 Å². The summed E-state index contributed by atoms with van der Waals surface area (Å²) < 4.78 is 0. The van der Waals surface area contributed by atoms with Crippen molar-refractivity contribution in [3.8, 4) is 0 Å². The average molecular weight is 157 g/mol. The van der Waals surface area contributed by atoms with E-state index in [1.807, 2.05) is 0 Å². The van der Waals surface area contributed by atoms with Gasteiger partial charge in [0.1, 0.15) is 0 Å². The third-order valence-electron chi connectivity index (χ3n) is 3.03. The highest BCUT2D eigenvalue weighted by atomic mass is 32.2. The van der Waals surface area contributed by atoms with Crippen molar-refractivity contribution in [2.24, 2.45) is 5.92 Å². The number of rotatable bonds is 0. The van der Waals surface area contributed by atoms with E-state index in [9.17, 15) is 0 Å². The Labute approximate surface area is 67.2 Å². The molecule has 2 rings (SSSR count). The summed E-state index contributed by atoms with van der Waals surface area (Å²) in [6.07, 6.45) is 1.44. The summed E-state index contributed by atoms with van der Waals surface area (Å²) in [5.74, 6) is 3.82. The monoisotopic (exact) mass is 157 g/mol. The minimum absolute atomic E-state index is 0.843. The van der Waals surface area contributed by atoms with Crippen LogP contribution in [0.4, 0.5) is 0 Å². The molecule has 2 aliphatic rings. The fraction of sp³-hybridized carbons (Fsp3) is 1.00. The van der Waals surface area contributed by atoms with Crippen molar-refractivity contribution >= 4 is 11.8 Å². The number of likely N-dealkylation sites (tertiary alicyclic amines) is 1. The fourth-order valence-electron chi connectivity index (χ4n) is 2.19. The van der Waals surface area contributed by atoms with Gasteiger partial charge in [-0.1, -0.05) is 0 Å². The molecule has 0 spiro atoms. The van der Waals surface area contributed by atoms with E-state index in [0.717, 1.165) is 18.0 Å². The first-order valence-electron chi connectivity index (χ1n) is 4.08. The molecule has 0 saturated carbocycles. The lowest BCUT2D eigenvalue weighted by Crippen LogP contribution is -2.32. The average Bonchev–Trinajstić information content (AvgIpc) is 2.41. The quantitative estimate of drug-likeness (QED) is 0.523. The first-order chi connectivity index (χ1) is 4.79. The molecule has 2 heteroatoms. The molecule has 2 saturated heterocycles. The third kappa shape index (κ3) is 0.892. The summed E-state index contributed by atoms with van der Waals surface area (Å²) >= 11 is 2.13. The second-order valence-electron chi connectivity index (χ2n) is 3.62. The Morgan fingerprint density at radius 2 is 2.20 bits per heavy atom. The van der Waals surface area contributed by atoms with Gasteiger partial charge in [-0.15, -0.1) is 0 Å². The molecule has 0 aliphatic carbocycles. The molecule has 0 aromatic rings. The Hall–Kier alpha value is 0.310. The van der Waals surface area contributed by atoms with Gasteiger partial charge in [-0.2, -0.15) is 11.8 Å². The zero-order valence-electron chi connectivity index (χ0n) is 6.71. The summed E-state index contributed by atoms with van der Waals surface area (Å²) in [7, 11) is 2.28. The van der Waals surface area contributed by atoms with E-state index >= 15 is 0 Å². The van der Waals surface area contributed by atoms with E-state index in [1.54, 1.807) is 0 Å². The second-order valence-corrected chi connectivity index (χ2v) is 4.69. The van der Waals surface area contributed by atoms with Crippen LogP contribution in [0.1, 0.15) is 13.3 Å². The molecule has 3 atom stereocenters. The summed E-state index contributed by atoms with van der Waals surface area (Å²) in [5, 5.41) is 0. The van der Waals surface area contributed by atoms with E-state index in [0.29, 0.717) is 0 Å². The van der Waals surface area contributed by atoms with Crippen molar-refractivity contribution in [3.63, 3.8) is 0 Å². The molecule has 0 aromatic heterocycles. The van der Waals surface area contributed by atoms with E-state index in [1.165, 1.54) is 17.9 Å². The van der Waals surface area contributed by atoms with Crippen LogP contribution in [0.3, 0.4) is 0 Å². The summed E-state index contributed by atoms with van der Waals surface area (Å²) in [6, 6.07) is 1.76. The largest absolute Gasteiger partial charge is 0.300 e. The van der Waals surface area contributed by atoms with Crippen LogP contribution in [0, 0.1) is 5.92 Å². The van der Waals surface area contributed by atoms with Crippen molar-refractivity contribution in [1.29, 1.82) is 0 Å². The third-order valence-corrected chi connectivity index (χ3v) is 4.27. The van der Waals surface area contributed by atoms with Crippen molar-refractivity contribution < 1.29 is 0 Å². The molecule has 2 fully saturated rings. The lowest BCUT2D eigenvalue weighted by atomic mass is 10.0. The molecule has 1 nitrogen and oxygen atoms in total. The van der Waals surface area contributed by atoms with Crippen LogP contribution in [-0.2, 0) is 0 Å². The SMILES string of the molecule is CC1CC2CSCC2N1C. The van der Waals surface area contributed by atoms with E-state index in [-0.39, 0.29) is 0 Å². The van der Waals surface area contributed by atoms with Gasteiger partial charge >= 0.3 is 0 Å². The molecule has 3 unspecified atom stereocenters. The molecule has 0 radical (unpaired) electrons. The van der Waals surface area contributed by atoms with Crippen LogP contribution >= 0.6 is 11.8 Å². The first-order valence-corrected chi connectivity index (χ1v) is 5.24. The Bertz CT molecular complexity index is 135. The predicted molar refractivity (Wildman–Crippen MR) is 46.4 cm³/mol. The number of hydrogen-bond donors (Lipinski definition) is 0. The maximum absolute atomic E-state index is 2.56. The Morgan fingerprint density at radius 3 is 2.90 bits per heavy atom. The number of hydrogen-bond acceptors (Lipinski definition) is 2. The van der Waals surface area contributed by atoms with Gasteiger partial charge < -0.3 is 0 Å². The molecule has 2 heterocycles. The van der Waals surface area contributed by atoms with Crippen LogP contribution in [0.5, 0.6) is 0 Å². The fourth-order valence-corrected chi connectivity index (χ4v) is 3.74. The lowest BCUT2D eigenvalue weighted by Gasteiger charge is -2.20. The molecular weight excluding hydrogens is 142 g/mol. The van der Waals surface area contributed by atoms with E-state index in [4.69, 9.17) is 0 Å². The maximum Gasteiger partial charge on any atom is 0.0222 e. The van der Waals surface area contributed by atoms with Crippen LogP contribution in [0.2, 0.25) is 0 Å². The number of thioether (sulfide) groups is 1. The second kappa shape index (κ2) is 2.42. The van der Waals surface area contributed by atoms with Crippen molar-refractivity contribution in [3.05, 3.63) is 0 Å². The Kier molecular flexibility index (Phi) is 1.69. The summed E-state index contributed by atoms with van der Waals surface area (Å²) in [6.45, 7) is 2.35.